The predicted molar refractivity (Wildman–Crippen MR) is 89.6 cm³/mol. The number of thiophene rings is 1. The van der Waals surface area contributed by atoms with Crippen LogP contribution in [-0.4, -0.2) is 23.7 Å². The van der Waals surface area contributed by atoms with Crippen molar-refractivity contribution in [3.8, 4) is 0 Å². The maximum absolute atomic E-state index is 12.5. The number of nitrogen functional groups attached to an aromatic ring is 1. The van der Waals surface area contributed by atoms with E-state index < -0.39 is 0 Å². The van der Waals surface area contributed by atoms with Gasteiger partial charge in [-0.25, -0.2) is 0 Å². The van der Waals surface area contributed by atoms with Crippen LogP contribution in [-0.2, 0) is 0 Å². The van der Waals surface area contributed by atoms with Crippen molar-refractivity contribution in [2.45, 2.75) is 25.3 Å². The molecule has 0 spiro atoms. The second kappa shape index (κ2) is 5.94. The van der Waals surface area contributed by atoms with E-state index in [4.69, 9.17) is 5.73 Å². The zero-order valence-corrected chi connectivity index (χ0v) is 13.8. The molecule has 1 saturated carbocycles. The Balaban J connectivity index is 1.86. The van der Waals surface area contributed by atoms with Crippen molar-refractivity contribution in [2.24, 2.45) is 5.92 Å². The number of nitrogens with two attached hydrogens (primary N) is 1. The summed E-state index contributed by atoms with van der Waals surface area (Å²) in [5, 5.41) is 13.3. The van der Waals surface area contributed by atoms with Gasteiger partial charge in [0.2, 0.25) is 0 Å². The molecule has 0 saturated heterocycles. The summed E-state index contributed by atoms with van der Waals surface area (Å²) in [7, 11) is 0. The van der Waals surface area contributed by atoms with E-state index in [1.807, 2.05) is 18.2 Å². The molecule has 0 bridgehead atoms. The van der Waals surface area contributed by atoms with Crippen molar-refractivity contribution < 1.29 is 9.90 Å². The summed E-state index contributed by atoms with van der Waals surface area (Å²) in [6.45, 7) is 0.125. The third-order valence-corrected chi connectivity index (χ3v) is 5.77. The van der Waals surface area contributed by atoms with E-state index in [1.165, 1.54) is 11.3 Å². The lowest BCUT2D eigenvalue weighted by atomic mass is 10.1. The van der Waals surface area contributed by atoms with E-state index in [1.54, 1.807) is 0 Å². The van der Waals surface area contributed by atoms with Crippen molar-refractivity contribution in [3.05, 3.63) is 27.5 Å². The highest BCUT2D eigenvalue weighted by molar-refractivity contribution is 9.10. The Hall–Kier alpha value is -1.11. The lowest BCUT2D eigenvalue weighted by Crippen LogP contribution is -2.38. The number of hydrogen-bond donors (Lipinski definition) is 3. The van der Waals surface area contributed by atoms with Gasteiger partial charge in [0, 0.05) is 33.1 Å². The van der Waals surface area contributed by atoms with Crippen LogP contribution in [0.5, 0.6) is 0 Å². The quantitative estimate of drug-likeness (QED) is 0.778. The first-order valence-corrected chi connectivity index (χ1v) is 8.60. The maximum Gasteiger partial charge on any atom is 0.263 e. The van der Waals surface area contributed by atoms with Crippen molar-refractivity contribution in [3.63, 3.8) is 0 Å². The fraction of sp³-hybridized carbons (Fsp3) is 0.400. The molecule has 21 heavy (non-hydrogen) atoms. The maximum atomic E-state index is 12.5. The van der Waals surface area contributed by atoms with Crippen molar-refractivity contribution in [1.29, 1.82) is 0 Å². The predicted octanol–water partition coefficient (Wildman–Crippen LogP) is 3.14. The minimum atomic E-state index is -0.129. The molecule has 1 amide bonds. The van der Waals surface area contributed by atoms with Crippen LogP contribution >= 0.6 is 27.3 Å². The van der Waals surface area contributed by atoms with Crippen LogP contribution in [0.2, 0.25) is 0 Å². The Morgan fingerprint density at radius 1 is 1.48 bits per heavy atom. The molecule has 3 rings (SSSR count). The number of hydrogen-bond acceptors (Lipinski definition) is 4. The third-order valence-electron chi connectivity index (χ3n) is 4.11. The lowest BCUT2D eigenvalue weighted by molar-refractivity contribution is 0.0921. The topological polar surface area (TPSA) is 75.4 Å². The van der Waals surface area contributed by atoms with Gasteiger partial charge in [0.25, 0.3) is 5.91 Å². The molecular formula is C15H17BrN2O2S. The number of nitrogens with one attached hydrogen (secondary N) is 1. The first-order valence-electron chi connectivity index (χ1n) is 6.99. The highest BCUT2D eigenvalue weighted by atomic mass is 79.9. The summed E-state index contributed by atoms with van der Waals surface area (Å²) in [5.41, 5.74) is 6.66. The van der Waals surface area contributed by atoms with Gasteiger partial charge in [-0.2, -0.15) is 0 Å². The Morgan fingerprint density at radius 3 is 3.05 bits per heavy atom. The third kappa shape index (κ3) is 2.80. The molecule has 1 aliphatic carbocycles. The van der Waals surface area contributed by atoms with Gasteiger partial charge in [0.15, 0.2) is 0 Å². The van der Waals surface area contributed by atoms with Gasteiger partial charge in [0.05, 0.1) is 5.69 Å². The molecule has 2 unspecified atom stereocenters. The van der Waals surface area contributed by atoms with E-state index in [-0.39, 0.29) is 24.5 Å². The molecule has 4 nitrogen and oxygen atoms in total. The van der Waals surface area contributed by atoms with Gasteiger partial charge in [-0.15, -0.1) is 11.3 Å². The average molecular weight is 369 g/mol. The van der Waals surface area contributed by atoms with E-state index in [9.17, 15) is 9.90 Å². The number of rotatable bonds is 3. The van der Waals surface area contributed by atoms with Crippen LogP contribution in [0.3, 0.4) is 0 Å². The summed E-state index contributed by atoms with van der Waals surface area (Å²) in [6, 6.07) is 5.87. The molecule has 2 aromatic rings. The van der Waals surface area contributed by atoms with Gasteiger partial charge in [-0.05, 0) is 25.0 Å². The van der Waals surface area contributed by atoms with Crippen LogP contribution in [0.15, 0.2) is 22.7 Å². The highest BCUT2D eigenvalue weighted by Gasteiger charge is 2.29. The number of halogens is 1. The first kappa shape index (κ1) is 14.8. The van der Waals surface area contributed by atoms with Gasteiger partial charge in [-0.1, -0.05) is 28.4 Å². The molecule has 112 valence electrons. The molecule has 1 aromatic carbocycles. The molecule has 6 heteroatoms. The van der Waals surface area contributed by atoms with E-state index in [0.29, 0.717) is 10.6 Å². The Morgan fingerprint density at radius 2 is 2.29 bits per heavy atom. The standard InChI is InChI=1S/C15H17BrN2O2S/c16-9-4-5-10-12(6-9)21-14(13(10)17)15(20)18-11-3-1-2-8(11)7-19/h4-6,8,11,19H,1-3,7,17H2,(H,18,20). The number of aliphatic hydroxyl groups is 1. The zero-order chi connectivity index (χ0) is 15.0. The molecule has 1 aliphatic rings. The smallest absolute Gasteiger partial charge is 0.263 e. The molecule has 2 atom stereocenters. The summed E-state index contributed by atoms with van der Waals surface area (Å²) in [4.78, 5) is 13.0. The van der Waals surface area contributed by atoms with Crippen molar-refractivity contribution in [2.75, 3.05) is 12.3 Å². The fourth-order valence-corrected chi connectivity index (χ4v) is 4.52. The molecule has 4 N–H and O–H groups in total. The first-order chi connectivity index (χ1) is 10.1. The summed E-state index contributed by atoms with van der Waals surface area (Å²) >= 11 is 4.84. The van der Waals surface area contributed by atoms with Crippen LogP contribution in [0.1, 0.15) is 28.9 Å². The minimum Gasteiger partial charge on any atom is -0.397 e. The number of benzene rings is 1. The van der Waals surface area contributed by atoms with Gasteiger partial charge in [0.1, 0.15) is 4.88 Å². The number of fused-ring (bicyclic) bond motifs is 1. The largest absolute Gasteiger partial charge is 0.397 e. The lowest BCUT2D eigenvalue weighted by Gasteiger charge is -2.18. The summed E-state index contributed by atoms with van der Waals surface area (Å²) in [5.74, 6) is 0.0360. The highest BCUT2D eigenvalue weighted by Crippen LogP contribution is 2.35. The number of carbonyl (C=O) groups is 1. The fourth-order valence-electron chi connectivity index (χ4n) is 2.94. The Labute approximate surface area is 135 Å². The van der Waals surface area contributed by atoms with E-state index in [2.05, 4.69) is 21.2 Å². The van der Waals surface area contributed by atoms with Crippen LogP contribution < -0.4 is 11.1 Å². The SMILES string of the molecule is Nc1c(C(=O)NC2CCCC2CO)sc2cc(Br)ccc12. The van der Waals surface area contributed by atoms with Crippen LogP contribution in [0.4, 0.5) is 5.69 Å². The Bertz CT molecular complexity index is 686. The molecular weight excluding hydrogens is 352 g/mol. The number of amides is 1. The van der Waals surface area contributed by atoms with Crippen LogP contribution in [0, 0.1) is 5.92 Å². The van der Waals surface area contributed by atoms with Crippen LogP contribution in [0.25, 0.3) is 10.1 Å². The van der Waals surface area contributed by atoms with Crippen molar-refractivity contribution in [1.82, 2.24) is 5.32 Å². The van der Waals surface area contributed by atoms with Gasteiger partial charge >= 0.3 is 0 Å². The summed E-state index contributed by atoms with van der Waals surface area (Å²) < 4.78 is 1.97. The summed E-state index contributed by atoms with van der Waals surface area (Å²) in [6.07, 6.45) is 2.94. The number of anilines is 1. The molecule has 1 fully saturated rings. The average Bonchev–Trinajstić information content (AvgIpc) is 3.03. The van der Waals surface area contributed by atoms with Crippen molar-refractivity contribution >= 4 is 48.9 Å². The monoisotopic (exact) mass is 368 g/mol. The molecule has 1 heterocycles. The normalized spacial score (nSPS) is 21.8. The van der Waals surface area contributed by atoms with E-state index in [0.717, 1.165) is 33.8 Å². The minimum absolute atomic E-state index is 0.0545. The molecule has 0 radical (unpaired) electrons. The van der Waals surface area contributed by atoms with E-state index >= 15 is 0 Å². The Kier molecular flexibility index (Phi) is 4.19. The van der Waals surface area contributed by atoms with Gasteiger partial charge in [-0.3, -0.25) is 4.79 Å². The number of aliphatic hydroxyl groups excluding tert-OH is 1. The second-order valence-corrected chi connectivity index (χ2v) is 7.41. The zero-order valence-electron chi connectivity index (χ0n) is 11.4. The molecule has 0 aliphatic heterocycles. The number of carbonyl (C=O) groups excluding carboxylic acids is 1. The second-order valence-electron chi connectivity index (χ2n) is 5.44. The van der Waals surface area contributed by atoms with Gasteiger partial charge < -0.3 is 16.2 Å². The molecule has 1 aromatic heterocycles.